The van der Waals surface area contributed by atoms with E-state index >= 15 is 0 Å². The molecular weight excluding hydrogens is 418 g/mol. The molecule has 0 saturated heterocycles. The predicted octanol–water partition coefficient (Wildman–Crippen LogP) is 2.28. The molecule has 0 fully saturated rings. The Bertz CT molecular complexity index is 1180. The first-order valence-corrected chi connectivity index (χ1v) is 11.3. The summed E-state index contributed by atoms with van der Waals surface area (Å²) in [5.41, 5.74) is 1.08. The smallest absolute Gasteiger partial charge is 0.271 e. The summed E-state index contributed by atoms with van der Waals surface area (Å²) >= 11 is 0. The highest BCUT2D eigenvalue weighted by Crippen LogP contribution is 2.21. The van der Waals surface area contributed by atoms with Crippen LogP contribution in [0.4, 0.5) is 11.4 Å². The highest BCUT2D eigenvalue weighted by atomic mass is 32.2. The van der Waals surface area contributed by atoms with E-state index in [0.717, 1.165) is 6.42 Å². The van der Waals surface area contributed by atoms with Crippen LogP contribution in [0.15, 0.2) is 69.6 Å². The number of nitrogens with zero attached hydrogens (tertiary/aromatic N) is 3. The van der Waals surface area contributed by atoms with Crippen molar-refractivity contribution in [3.8, 4) is 0 Å². The van der Waals surface area contributed by atoms with E-state index in [0.29, 0.717) is 30.2 Å². The van der Waals surface area contributed by atoms with Crippen LogP contribution in [0.2, 0.25) is 0 Å². The van der Waals surface area contributed by atoms with E-state index in [1.807, 2.05) is 6.07 Å². The lowest BCUT2D eigenvalue weighted by molar-refractivity contribution is -0.118. The van der Waals surface area contributed by atoms with Crippen LogP contribution in [-0.2, 0) is 19.6 Å². The van der Waals surface area contributed by atoms with Crippen LogP contribution < -0.4 is 15.0 Å². The third-order valence-corrected chi connectivity index (χ3v) is 6.20. The van der Waals surface area contributed by atoms with Gasteiger partial charge in [0.1, 0.15) is 11.5 Å². The van der Waals surface area contributed by atoms with E-state index in [1.54, 1.807) is 36.4 Å². The van der Waals surface area contributed by atoms with Crippen LogP contribution in [0.5, 0.6) is 0 Å². The molecule has 2 aromatic rings. The minimum atomic E-state index is -3.79. The number of amidine groups is 1. The molecule has 31 heavy (non-hydrogen) atoms. The Hall–Kier alpha value is -3.53. The number of aliphatic imine (C=N–C) groups is 1. The van der Waals surface area contributed by atoms with Gasteiger partial charge in [0.2, 0.25) is 5.91 Å². The van der Waals surface area contributed by atoms with Crippen molar-refractivity contribution in [2.24, 2.45) is 10.1 Å². The fourth-order valence-electron chi connectivity index (χ4n) is 3.27. The number of carbonyl (C=O) groups excluding carboxylic acids is 2. The molecule has 0 saturated carbocycles. The van der Waals surface area contributed by atoms with E-state index in [9.17, 15) is 18.0 Å². The van der Waals surface area contributed by atoms with Crippen molar-refractivity contribution in [1.82, 2.24) is 4.72 Å². The van der Waals surface area contributed by atoms with Crippen molar-refractivity contribution < 1.29 is 18.0 Å². The van der Waals surface area contributed by atoms with Gasteiger partial charge in [-0.1, -0.05) is 24.3 Å². The number of carbonyl (C=O) groups is 2. The zero-order chi connectivity index (χ0) is 21.8. The van der Waals surface area contributed by atoms with Gasteiger partial charge in [-0.25, -0.2) is 13.4 Å². The Morgan fingerprint density at radius 1 is 1.00 bits per heavy atom. The average Bonchev–Trinajstić information content (AvgIpc) is 3.27. The van der Waals surface area contributed by atoms with Crippen molar-refractivity contribution in [1.29, 1.82) is 0 Å². The lowest BCUT2D eigenvalue weighted by Gasteiger charge is -2.23. The molecule has 0 unspecified atom stereocenters. The van der Waals surface area contributed by atoms with Crippen LogP contribution in [0, 0.1) is 0 Å². The summed E-state index contributed by atoms with van der Waals surface area (Å²) in [6.45, 7) is 0.610. The monoisotopic (exact) mass is 439 g/mol. The normalized spacial score (nSPS) is 16.5. The van der Waals surface area contributed by atoms with E-state index in [4.69, 9.17) is 0 Å². The van der Waals surface area contributed by atoms with Gasteiger partial charge in [0.15, 0.2) is 0 Å². The number of nitrogens with one attached hydrogen (secondary N) is 2. The summed E-state index contributed by atoms with van der Waals surface area (Å²) in [4.78, 5) is 29.1. The second kappa shape index (κ2) is 8.68. The van der Waals surface area contributed by atoms with E-state index in [1.165, 1.54) is 17.1 Å². The maximum atomic E-state index is 12.7. The highest BCUT2D eigenvalue weighted by Gasteiger charge is 2.26. The first kappa shape index (κ1) is 20.7. The molecule has 2 amide bonds. The third-order valence-electron chi connectivity index (χ3n) is 4.82. The summed E-state index contributed by atoms with van der Waals surface area (Å²) in [5, 5.41) is 8.10. The Morgan fingerprint density at radius 2 is 1.81 bits per heavy atom. The zero-order valence-corrected chi connectivity index (χ0v) is 17.4. The standard InChI is InChI=1S/C21H21N5O4S/c27-20-12-11-18(24-26(20)16-7-2-1-3-8-16)21(28)23-15-6-4-9-17(14-15)31(29,30)25-19-10-5-13-22-19/h1-4,6-9,14H,5,10-13H2,(H,22,25)(H,23,28). The van der Waals surface area contributed by atoms with Crippen molar-refractivity contribution in [3.63, 3.8) is 0 Å². The van der Waals surface area contributed by atoms with Gasteiger partial charge in [-0.15, -0.1) is 0 Å². The predicted molar refractivity (Wildman–Crippen MR) is 118 cm³/mol. The van der Waals surface area contributed by atoms with Crippen molar-refractivity contribution in [2.45, 2.75) is 30.6 Å². The van der Waals surface area contributed by atoms with Crippen LogP contribution >= 0.6 is 0 Å². The fourth-order valence-corrected chi connectivity index (χ4v) is 4.40. The first-order valence-electron chi connectivity index (χ1n) is 9.85. The number of benzene rings is 2. The molecule has 4 rings (SSSR count). The number of para-hydroxylation sites is 1. The number of hydrazone groups is 1. The molecule has 2 heterocycles. The number of amides is 2. The van der Waals surface area contributed by atoms with Gasteiger partial charge in [-0.3, -0.25) is 19.3 Å². The van der Waals surface area contributed by atoms with E-state index in [-0.39, 0.29) is 29.4 Å². The first-order chi connectivity index (χ1) is 14.9. The van der Waals surface area contributed by atoms with Crippen molar-refractivity contribution in [3.05, 3.63) is 54.6 Å². The summed E-state index contributed by atoms with van der Waals surface area (Å²) in [7, 11) is -3.79. The molecule has 0 aromatic heterocycles. The molecule has 2 aliphatic heterocycles. The molecule has 0 radical (unpaired) electrons. The van der Waals surface area contributed by atoms with E-state index < -0.39 is 15.9 Å². The summed E-state index contributed by atoms with van der Waals surface area (Å²) in [5.74, 6) is -0.246. The summed E-state index contributed by atoms with van der Waals surface area (Å²) < 4.78 is 27.7. The van der Waals surface area contributed by atoms with Gasteiger partial charge in [-0.05, 0) is 36.8 Å². The highest BCUT2D eigenvalue weighted by molar-refractivity contribution is 7.90. The van der Waals surface area contributed by atoms with Gasteiger partial charge in [0, 0.05) is 31.5 Å². The number of anilines is 2. The van der Waals surface area contributed by atoms with Crippen molar-refractivity contribution >= 4 is 44.8 Å². The van der Waals surface area contributed by atoms with Gasteiger partial charge < -0.3 is 5.32 Å². The van der Waals surface area contributed by atoms with Crippen LogP contribution in [0.1, 0.15) is 25.7 Å². The molecule has 0 spiro atoms. The van der Waals surface area contributed by atoms with Crippen molar-refractivity contribution in [2.75, 3.05) is 16.9 Å². The number of hydrogen-bond donors (Lipinski definition) is 2. The van der Waals surface area contributed by atoms with Crippen LogP contribution in [-0.4, -0.2) is 38.3 Å². The second-order valence-electron chi connectivity index (χ2n) is 7.11. The maximum Gasteiger partial charge on any atom is 0.271 e. The molecule has 2 aliphatic rings. The molecule has 0 aliphatic carbocycles. The molecule has 2 aromatic carbocycles. The molecule has 9 nitrogen and oxygen atoms in total. The molecule has 10 heteroatoms. The van der Waals surface area contributed by atoms with Crippen LogP contribution in [0.3, 0.4) is 0 Å². The Balaban J connectivity index is 1.51. The Kier molecular flexibility index (Phi) is 5.81. The number of hydrogen-bond acceptors (Lipinski definition) is 6. The number of sulfonamides is 1. The molecule has 160 valence electrons. The second-order valence-corrected chi connectivity index (χ2v) is 8.79. The molecule has 2 N–H and O–H groups in total. The lowest BCUT2D eigenvalue weighted by Crippen LogP contribution is -2.36. The number of rotatable bonds is 5. The van der Waals surface area contributed by atoms with Gasteiger partial charge in [0.25, 0.3) is 15.9 Å². The molecule has 0 atom stereocenters. The zero-order valence-electron chi connectivity index (χ0n) is 16.6. The Labute approximate surface area is 179 Å². The van der Waals surface area contributed by atoms with E-state index in [2.05, 4.69) is 20.1 Å². The minimum absolute atomic E-state index is 0.0200. The fraction of sp³-hybridized carbons (Fsp3) is 0.238. The quantitative estimate of drug-likeness (QED) is 0.742. The topological polar surface area (TPSA) is 120 Å². The van der Waals surface area contributed by atoms with Gasteiger partial charge in [0.05, 0.1) is 10.6 Å². The van der Waals surface area contributed by atoms with Gasteiger partial charge >= 0.3 is 0 Å². The average molecular weight is 439 g/mol. The third kappa shape index (κ3) is 4.80. The SMILES string of the molecule is O=C(Nc1cccc(S(=O)(=O)NC2=NCCC2)c1)C1=NN(c2ccccc2)C(=O)CC1. The lowest BCUT2D eigenvalue weighted by atomic mass is 10.1. The maximum absolute atomic E-state index is 12.7. The van der Waals surface area contributed by atoms with Gasteiger partial charge in [-0.2, -0.15) is 5.10 Å². The molecule has 0 bridgehead atoms. The summed E-state index contributed by atoms with van der Waals surface area (Å²) in [6.07, 6.45) is 1.76. The van der Waals surface area contributed by atoms with Crippen LogP contribution in [0.25, 0.3) is 0 Å². The minimum Gasteiger partial charge on any atom is -0.321 e. The molecular formula is C21H21N5O4S. The Morgan fingerprint density at radius 3 is 2.55 bits per heavy atom. The summed E-state index contributed by atoms with van der Waals surface area (Å²) in [6, 6.07) is 14.8. The largest absolute Gasteiger partial charge is 0.321 e.